The summed E-state index contributed by atoms with van der Waals surface area (Å²) in [5.41, 5.74) is 1.59. The third-order valence-electron chi connectivity index (χ3n) is 4.90. The van der Waals surface area contributed by atoms with E-state index < -0.39 is 0 Å². The molecular formula is C21H20N6O3. The van der Waals surface area contributed by atoms with Gasteiger partial charge < -0.3 is 14.6 Å². The molecule has 1 aliphatic rings. The summed E-state index contributed by atoms with van der Waals surface area (Å²) in [6, 6.07) is 10.6. The van der Waals surface area contributed by atoms with Crippen LogP contribution in [0.25, 0.3) is 10.9 Å². The van der Waals surface area contributed by atoms with Gasteiger partial charge >= 0.3 is 6.03 Å². The van der Waals surface area contributed by atoms with Crippen molar-refractivity contribution in [2.24, 2.45) is 0 Å². The lowest BCUT2D eigenvalue weighted by Crippen LogP contribution is -2.18. The van der Waals surface area contributed by atoms with Gasteiger partial charge in [0.05, 0.1) is 11.2 Å². The van der Waals surface area contributed by atoms with E-state index in [1.54, 1.807) is 24.4 Å². The molecule has 0 bridgehead atoms. The van der Waals surface area contributed by atoms with Crippen LogP contribution < -0.4 is 15.4 Å². The second-order valence-electron chi connectivity index (χ2n) is 7.21. The van der Waals surface area contributed by atoms with Crippen LogP contribution in [-0.2, 0) is 6.54 Å². The zero-order chi connectivity index (χ0) is 20.5. The number of carbonyl (C=O) groups is 1. The number of amides is 1. The average Bonchev–Trinajstić information content (AvgIpc) is 3.34. The number of nitrogens with one attached hydrogen (secondary N) is 2. The van der Waals surface area contributed by atoms with E-state index in [-0.39, 0.29) is 6.03 Å². The van der Waals surface area contributed by atoms with E-state index in [9.17, 15) is 4.79 Å². The van der Waals surface area contributed by atoms with Crippen molar-refractivity contribution < 1.29 is 14.1 Å². The standard InChI is InChI=1S/C21H20N6O3/c1-22-11-15-9-20(24-12-23-15)29-16-4-5-17-14(8-16)6-7-27(17)21(28)25-19-10-18(30-26-19)13-2-3-13/h4-10,12-13,22H,2-3,11H2,1H3,(H,25,26,28). The van der Waals surface area contributed by atoms with Gasteiger partial charge in [-0.3, -0.25) is 9.88 Å². The molecule has 152 valence electrons. The van der Waals surface area contributed by atoms with Crippen molar-refractivity contribution in [3.63, 3.8) is 0 Å². The van der Waals surface area contributed by atoms with Gasteiger partial charge in [-0.25, -0.2) is 14.8 Å². The first kappa shape index (κ1) is 18.3. The molecule has 30 heavy (non-hydrogen) atoms. The smallest absolute Gasteiger partial charge is 0.331 e. The minimum atomic E-state index is -0.304. The second-order valence-corrected chi connectivity index (χ2v) is 7.21. The molecule has 0 atom stereocenters. The van der Waals surface area contributed by atoms with Crippen molar-refractivity contribution in [3.05, 3.63) is 60.4 Å². The van der Waals surface area contributed by atoms with E-state index >= 15 is 0 Å². The van der Waals surface area contributed by atoms with Crippen LogP contribution in [0, 0.1) is 0 Å². The zero-order valence-corrected chi connectivity index (χ0v) is 16.3. The van der Waals surface area contributed by atoms with E-state index in [1.807, 2.05) is 25.2 Å². The van der Waals surface area contributed by atoms with Gasteiger partial charge in [-0.1, -0.05) is 5.16 Å². The van der Waals surface area contributed by atoms with Gasteiger partial charge in [-0.15, -0.1) is 0 Å². The first-order valence-electron chi connectivity index (χ1n) is 9.72. The van der Waals surface area contributed by atoms with Crippen LogP contribution in [0.5, 0.6) is 11.6 Å². The van der Waals surface area contributed by atoms with Gasteiger partial charge in [0, 0.05) is 36.2 Å². The molecule has 4 aromatic rings. The van der Waals surface area contributed by atoms with Crippen LogP contribution in [0.3, 0.4) is 0 Å². The fourth-order valence-electron chi connectivity index (χ4n) is 3.27. The third-order valence-corrected chi connectivity index (χ3v) is 4.90. The molecule has 3 aromatic heterocycles. The Bertz CT molecular complexity index is 1210. The molecule has 1 aliphatic carbocycles. The summed E-state index contributed by atoms with van der Waals surface area (Å²) in [5, 5.41) is 10.6. The molecule has 1 fully saturated rings. The quantitative estimate of drug-likeness (QED) is 0.502. The Kier molecular flexibility index (Phi) is 4.64. The minimum absolute atomic E-state index is 0.304. The van der Waals surface area contributed by atoms with Crippen LogP contribution >= 0.6 is 0 Å². The van der Waals surface area contributed by atoms with Crippen molar-refractivity contribution in [1.29, 1.82) is 0 Å². The summed E-state index contributed by atoms with van der Waals surface area (Å²) >= 11 is 0. The molecule has 2 N–H and O–H groups in total. The maximum atomic E-state index is 12.7. The molecule has 1 amide bonds. The van der Waals surface area contributed by atoms with Crippen molar-refractivity contribution in [2.45, 2.75) is 25.3 Å². The van der Waals surface area contributed by atoms with E-state index in [1.165, 1.54) is 10.9 Å². The normalized spacial score (nSPS) is 13.5. The van der Waals surface area contributed by atoms with Gasteiger partial charge in [0.15, 0.2) is 5.82 Å². The molecule has 1 aromatic carbocycles. The topological polar surface area (TPSA) is 107 Å². The minimum Gasteiger partial charge on any atom is -0.439 e. The summed E-state index contributed by atoms with van der Waals surface area (Å²) < 4.78 is 12.7. The van der Waals surface area contributed by atoms with Crippen molar-refractivity contribution in [2.75, 3.05) is 12.4 Å². The first-order valence-corrected chi connectivity index (χ1v) is 9.72. The van der Waals surface area contributed by atoms with Crippen LogP contribution in [0.2, 0.25) is 0 Å². The van der Waals surface area contributed by atoms with Gasteiger partial charge in [0.25, 0.3) is 0 Å². The predicted molar refractivity (Wildman–Crippen MR) is 110 cm³/mol. The van der Waals surface area contributed by atoms with Gasteiger partial charge in [-0.2, -0.15) is 0 Å². The monoisotopic (exact) mass is 404 g/mol. The number of benzene rings is 1. The molecule has 0 aliphatic heterocycles. The highest BCUT2D eigenvalue weighted by atomic mass is 16.5. The fourth-order valence-corrected chi connectivity index (χ4v) is 3.27. The van der Waals surface area contributed by atoms with Gasteiger partial charge in [0.1, 0.15) is 17.8 Å². The first-order chi connectivity index (χ1) is 14.7. The van der Waals surface area contributed by atoms with Crippen molar-refractivity contribution in [1.82, 2.24) is 25.0 Å². The van der Waals surface area contributed by atoms with Crippen LogP contribution in [0.1, 0.15) is 30.2 Å². The van der Waals surface area contributed by atoms with Crippen LogP contribution in [0.4, 0.5) is 10.6 Å². The number of carbonyl (C=O) groups excluding carboxylic acids is 1. The largest absolute Gasteiger partial charge is 0.439 e. The lowest BCUT2D eigenvalue weighted by molar-refractivity contribution is 0.254. The number of anilines is 1. The highest BCUT2D eigenvalue weighted by Gasteiger charge is 2.28. The highest BCUT2D eigenvalue weighted by molar-refractivity contribution is 5.98. The van der Waals surface area contributed by atoms with Crippen molar-refractivity contribution in [3.8, 4) is 11.6 Å². The van der Waals surface area contributed by atoms with Crippen molar-refractivity contribution >= 4 is 22.8 Å². The van der Waals surface area contributed by atoms with Crippen LogP contribution in [0.15, 0.2) is 53.4 Å². The predicted octanol–water partition coefficient (Wildman–Crippen LogP) is 3.89. The second kappa shape index (κ2) is 7.60. The summed E-state index contributed by atoms with van der Waals surface area (Å²) in [5.74, 6) is 2.78. The zero-order valence-electron chi connectivity index (χ0n) is 16.3. The Morgan fingerprint density at radius 3 is 2.97 bits per heavy atom. The molecule has 0 unspecified atom stereocenters. The molecule has 3 heterocycles. The molecule has 0 radical (unpaired) electrons. The number of fused-ring (bicyclic) bond motifs is 1. The number of nitrogens with zero attached hydrogens (tertiary/aromatic N) is 4. The number of rotatable bonds is 6. The number of ether oxygens (including phenoxy) is 1. The number of aromatic nitrogens is 4. The lowest BCUT2D eigenvalue weighted by atomic mass is 10.2. The molecular weight excluding hydrogens is 384 g/mol. The summed E-state index contributed by atoms with van der Waals surface area (Å²) in [4.78, 5) is 21.0. The molecule has 0 saturated heterocycles. The SMILES string of the molecule is CNCc1cc(Oc2ccc3c(ccn3C(=O)Nc3cc(C4CC4)on3)c2)ncn1. The molecule has 0 spiro atoms. The van der Waals surface area contributed by atoms with E-state index in [0.29, 0.717) is 29.9 Å². The lowest BCUT2D eigenvalue weighted by Gasteiger charge is -2.07. The van der Waals surface area contributed by atoms with E-state index in [0.717, 1.165) is 35.2 Å². The Labute approximate surface area is 172 Å². The van der Waals surface area contributed by atoms with Gasteiger partial charge in [-0.05, 0) is 44.2 Å². The average molecular weight is 404 g/mol. The third kappa shape index (κ3) is 3.74. The Hall–Kier alpha value is -3.72. The maximum absolute atomic E-state index is 12.7. The molecule has 9 heteroatoms. The molecule has 9 nitrogen and oxygen atoms in total. The molecule has 1 saturated carbocycles. The summed E-state index contributed by atoms with van der Waals surface area (Å²) in [6.07, 6.45) is 5.41. The highest BCUT2D eigenvalue weighted by Crippen LogP contribution is 2.40. The Morgan fingerprint density at radius 1 is 1.23 bits per heavy atom. The van der Waals surface area contributed by atoms with Crippen LogP contribution in [-0.4, -0.2) is 32.8 Å². The summed E-state index contributed by atoms with van der Waals surface area (Å²) in [7, 11) is 1.85. The number of hydrogen-bond acceptors (Lipinski definition) is 7. The Balaban J connectivity index is 1.32. The summed E-state index contributed by atoms with van der Waals surface area (Å²) in [6.45, 7) is 0.629. The fraction of sp³-hybridized carbons (Fsp3) is 0.238. The van der Waals surface area contributed by atoms with Gasteiger partial charge in [0.2, 0.25) is 5.88 Å². The number of hydrogen-bond donors (Lipinski definition) is 2. The molecule has 5 rings (SSSR count). The maximum Gasteiger partial charge on any atom is 0.331 e. The van der Waals surface area contributed by atoms with E-state index in [2.05, 4.69) is 25.8 Å². The van der Waals surface area contributed by atoms with E-state index in [4.69, 9.17) is 9.26 Å². The Morgan fingerprint density at radius 2 is 2.13 bits per heavy atom.